The van der Waals surface area contributed by atoms with Gasteiger partial charge in [-0.3, -0.25) is 24.6 Å². The second-order valence-electron chi connectivity index (χ2n) is 10.2. The molecule has 5 rings (SSSR count). The quantitative estimate of drug-likeness (QED) is 0.163. The molecular formula is C32H29F3N4O7. The van der Waals surface area contributed by atoms with Gasteiger partial charge in [-0.05, 0) is 61.9 Å². The van der Waals surface area contributed by atoms with Gasteiger partial charge in [0, 0.05) is 34.4 Å². The highest BCUT2D eigenvalue weighted by molar-refractivity contribution is 6.03. The fourth-order valence-corrected chi connectivity index (χ4v) is 4.90. The molecule has 1 saturated heterocycles. The molecule has 1 aromatic heterocycles. The van der Waals surface area contributed by atoms with Gasteiger partial charge in [-0.15, -0.1) is 0 Å². The van der Waals surface area contributed by atoms with Gasteiger partial charge in [0.05, 0.1) is 11.4 Å². The molecule has 11 nitrogen and oxygen atoms in total. The normalized spacial score (nSPS) is 15.0. The van der Waals surface area contributed by atoms with Crippen molar-refractivity contribution in [2.45, 2.75) is 32.2 Å². The molecule has 14 heteroatoms. The van der Waals surface area contributed by atoms with Gasteiger partial charge in [-0.25, -0.2) is 10.3 Å². The van der Waals surface area contributed by atoms with E-state index >= 15 is 0 Å². The second-order valence-corrected chi connectivity index (χ2v) is 10.2. The smallest absolute Gasteiger partial charge is 0.489 e. The van der Waals surface area contributed by atoms with Gasteiger partial charge in [0.1, 0.15) is 18.4 Å². The standard InChI is InChI=1S/C30H28N4O5.C2HF3O2/c1-19-17-21(24-9-5-6-10-26(24)31-19)18-39-23-13-11-22(12-14-23)34-16-15-25(30(34)37)27(29(36)33-38)32-28(35)20-7-3-2-4-8-20;3-2(4,5)1(6)7/h2-14,17,25,27,38H,15-16,18H2,1H3,(H,32,35)(H,33,36);(H,6,7)/t25-,27+;/m1./s1. The minimum atomic E-state index is -5.08. The number of fused-ring (bicyclic) bond motifs is 1. The molecule has 4 N–H and O–H groups in total. The fourth-order valence-electron chi connectivity index (χ4n) is 4.90. The maximum atomic E-state index is 13.3. The Morgan fingerprint density at radius 3 is 2.28 bits per heavy atom. The second kappa shape index (κ2) is 14.5. The van der Waals surface area contributed by atoms with Crippen LogP contribution in [0.1, 0.15) is 28.0 Å². The number of anilines is 1. The maximum absolute atomic E-state index is 13.3. The molecule has 46 heavy (non-hydrogen) atoms. The van der Waals surface area contributed by atoms with Crippen molar-refractivity contribution in [3.63, 3.8) is 0 Å². The van der Waals surface area contributed by atoms with Crippen LogP contribution in [0.2, 0.25) is 0 Å². The van der Waals surface area contributed by atoms with Gasteiger partial charge in [-0.2, -0.15) is 13.2 Å². The van der Waals surface area contributed by atoms with Gasteiger partial charge in [0.2, 0.25) is 5.91 Å². The SMILES string of the molecule is Cc1cc(COc2ccc(N3CC[C@H]([C@H](NC(=O)c4ccccc4)C(=O)NO)C3=O)cc2)c2ccccc2n1.O=C(O)C(F)(F)F. The number of carboxylic acids is 1. The number of aryl methyl sites for hydroxylation is 1. The summed E-state index contributed by atoms with van der Waals surface area (Å²) in [4.78, 5) is 53.4. The number of pyridine rings is 1. The van der Waals surface area contributed by atoms with E-state index in [-0.39, 0.29) is 5.91 Å². The first-order valence-electron chi connectivity index (χ1n) is 13.9. The molecule has 2 heterocycles. The van der Waals surface area contributed by atoms with E-state index in [2.05, 4.69) is 10.3 Å². The number of ether oxygens (including phenoxy) is 1. The number of para-hydroxylation sites is 1. The molecule has 2 atom stereocenters. The summed E-state index contributed by atoms with van der Waals surface area (Å²) in [6, 6.07) is 24.3. The average molecular weight is 639 g/mol. The summed E-state index contributed by atoms with van der Waals surface area (Å²) in [5, 5.41) is 20.0. The van der Waals surface area contributed by atoms with E-state index in [9.17, 15) is 32.8 Å². The lowest BCUT2D eigenvalue weighted by molar-refractivity contribution is -0.192. The van der Waals surface area contributed by atoms with Crippen LogP contribution in [0.15, 0.2) is 84.9 Å². The highest BCUT2D eigenvalue weighted by atomic mass is 19.4. The number of nitrogens with zero attached hydrogens (tertiary/aromatic N) is 2. The van der Waals surface area contributed by atoms with Crippen molar-refractivity contribution in [1.29, 1.82) is 0 Å². The topological polar surface area (TPSA) is 158 Å². The van der Waals surface area contributed by atoms with Gasteiger partial charge < -0.3 is 20.1 Å². The Balaban J connectivity index is 0.000000617. The third kappa shape index (κ3) is 8.15. The monoisotopic (exact) mass is 638 g/mol. The van der Waals surface area contributed by atoms with Crippen LogP contribution in [-0.2, 0) is 21.0 Å². The largest absolute Gasteiger partial charge is 0.490 e. The minimum Gasteiger partial charge on any atom is -0.489 e. The number of alkyl halides is 3. The highest BCUT2D eigenvalue weighted by Crippen LogP contribution is 2.30. The molecule has 1 fully saturated rings. The van der Waals surface area contributed by atoms with Crippen LogP contribution in [0.5, 0.6) is 5.75 Å². The van der Waals surface area contributed by atoms with E-state index in [1.807, 2.05) is 37.3 Å². The number of aromatic nitrogens is 1. The zero-order valence-corrected chi connectivity index (χ0v) is 24.3. The van der Waals surface area contributed by atoms with Crippen molar-refractivity contribution in [1.82, 2.24) is 15.8 Å². The summed E-state index contributed by atoms with van der Waals surface area (Å²) < 4.78 is 37.8. The zero-order valence-electron chi connectivity index (χ0n) is 24.3. The van der Waals surface area contributed by atoms with E-state index in [4.69, 9.17) is 14.6 Å². The number of benzene rings is 3. The number of carbonyl (C=O) groups is 4. The summed E-state index contributed by atoms with van der Waals surface area (Å²) in [5.41, 5.74) is 5.44. The van der Waals surface area contributed by atoms with Gasteiger partial charge in [-0.1, -0.05) is 36.4 Å². The van der Waals surface area contributed by atoms with Crippen LogP contribution in [-0.4, -0.2) is 57.8 Å². The number of amides is 3. The first kappa shape index (κ1) is 33.4. The Morgan fingerprint density at radius 2 is 1.65 bits per heavy atom. The van der Waals surface area contributed by atoms with Gasteiger partial charge in [0.15, 0.2) is 0 Å². The number of hydrogen-bond acceptors (Lipinski definition) is 7. The number of nitrogens with one attached hydrogen (secondary N) is 2. The minimum absolute atomic E-state index is 0.315. The molecule has 1 aliphatic rings. The molecule has 240 valence electrons. The molecule has 0 radical (unpaired) electrons. The van der Waals surface area contributed by atoms with E-state index in [1.54, 1.807) is 65.0 Å². The number of halogens is 3. The van der Waals surface area contributed by atoms with Crippen molar-refractivity contribution in [3.05, 3.63) is 102 Å². The Labute approximate surface area is 260 Å². The van der Waals surface area contributed by atoms with E-state index in [1.165, 1.54) is 0 Å². The Morgan fingerprint density at radius 1 is 1.02 bits per heavy atom. The molecule has 0 unspecified atom stereocenters. The fraction of sp³-hybridized carbons (Fsp3) is 0.219. The van der Waals surface area contributed by atoms with Crippen molar-refractivity contribution in [2.24, 2.45) is 5.92 Å². The van der Waals surface area contributed by atoms with E-state index in [0.717, 1.165) is 22.2 Å². The van der Waals surface area contributed by atoms with Gasteiger partial charge in [0.25, 0.3) is 11.8 Å². The van der Waals surface area contributed by atoms with Crippen LogP contribution in [0.3, 0.4) is 0 Å². The van der Waals surface area contributed by atoms with Crippen LogP contribution in [0, 0.1) is 12.8 Å². The third-order valence-electron chi connectivity index (χ3n) is 7.08. The van der Waals surface area contributed by atoms with Crippen LogP contribution >= 0.6 is 0 Å². The Hall–Kier alpha value is -5.50. The number of rotatable bonds is 8. The van der Waals surface area contributed by atoms with Crippen molar-refractivity contribution in [3.8, 4) is 5.75 Å². The van der Waals surface area contributed by atoms with Crippen LogP contribution in [0.4, 0.5) is 18.9 Å². The first-order chi connectivity index (χ1) is 21.9. The highest BCUT2D eigenvalue weighted by Gasteiger charge is 2.42. The van der Waals surface area contributed by atoms with E-state index in [0.29, 0.717) is 36.6 Å². The zero-order chi connectivity index (χ0) is 33.4. The molecule has 3 aromatic carbocycles. The molecule has 0 spiro atoms. The predicted molar refractivity (Wildman–Crippen MR) is 159 cm³/mol. The lowest BCUT2D eigenvalue weighted by atomic mass is 9.97. The first-order valence-corrected chi connectivity index (χ1v) is 13.9. The molecule has 3 amide bonds. The molecule has 1 aliphatic heterocycles. The summed E-state index contributed by atoms with van der Waals surface area (Å²) in [7, 11) is 0. The predicted octanol–water partition coefficient (Wildman–Crippen LogP) is 4.41. The Bertz CT molecular complexity index is 1720. The number of carboxylic acid groups (broad SMARTS) is 1. The van der Waals surface area contributed by atoms with Crippen LogP contribution in [0.25, 0.3) is 10.9 Å². The van der Waals surface area contributed by atoms with Gasteiger partial charge >= 0.3 is 12.1 Å². The van der Waals surface area contributed by atoms with Crippen molar-refractivity contribution < 1.29 is 47.4 Å². The third-order valence-corrected chi connectivity index (χ3v) is 7.08. The number of aliphatic carboxylic acids is 1. The lowest BCUT2D eigenvalue weighted by Gasteiger charge is -2.23. The maximum Gasteiger partial charge on any atom is 0.490 e. The molecule has 0 bridgehead atoms. The average Bonchev–Trinajstić information content (AvgIpc) is 3.42. The molecule has 0 aliphatic carbocycles. The Kier molecular flexibility index (Phi) is 10.5. The summed E-state index contributed by atoms with van der Waals surface area (Å²) >= 11 is 0. The van der Waals surface area contributed by atoms with Crippen molar-refractivity contribution >= 4 is 40.3 Å². The lowest BCUT2D eigenvalue weighted by Crippen LogP contribution is -2.52. The molecular weight excluding hydrogens is 609 g/mol. The summed E-state index contributed by atoms with van der Waals surface area (Å²) in [5.74, 6) is -4.61. The van der Waals surface area contributed by atoms with Crippen LogP contribution < -0.4 is 20.4 Å². The molecule has 4 aromatic rings. The number of hydrogen-bond donors (Lipinski definition) is 4. The van der Waals surface area contributed by atoms with E-state index < -0.39 is 35.9 Å². The number of carbonyl (C=O) groups excluding carboxylic acids is 3. The molecule has 0 saturated carbocycles. The summed E-state index contributed by atoms with van der Waals surface area (Å²) in [6.07, 6.45) is -4.75. The van der Waals surface area contributed by atoms with Crippen molar-refractivity contribution in [2.75, 3.05) is 11.4 Å². The number of hydroxylamine groups is 1. The summed E-state index contributed by atoms with van der Waals surface area (Å²) in [6.45, 7) is 2.68.